The first-order chi connectivity index (χ1) is 15.3. The predicted molar refractivity (Wildman–Crippen MR) is 126 cm³/mol. The molecule has 1 fully saturated rings. The Hall–Kier alpha value is -1.93. The molecule has 0 bridgehead atoms. The van der Waals surface area contributed by atoms with E-state index in [2.05, 4.69) is 11.9 Å². The van der Waals surface area contributed by atoms with Crippen LogP contribution in [0.2, 0.25) is 0 Å². The van der Waals surface area contributed by atoms with Gasteiger partial charge >= 0.3 is 0 Å². The summed E-state index contributed by atoms with van der Waals surface area (Å²) in [4.78, 5) is 2.47. The van der Waals surface area contributed by atoms with Crippen molar-refractivity contribution >= 4 is 10.0 Å². The van der Waals surface area contributed by atoms with Crippen molar-refractivity contribution in [1.29, 1.82) is 0 Å². The maximum Gasteiger partial charge on any atom is 0.247 e. The molecule has 7 heteroatoms. The zero-order valence-corrected chi connectivity index (χ0v) is 20.0. The Bertz CT molecular complexity index is 1020. The summed E-state index contributed by atoms with van der Waals surface area (Å²) in [5.41, 5.74) is 1.93. The van der Waals surface area contributed by atoms with Gasteiger partial charge in [0.1, 0.15) is 16.7 Å². The zero-order valence-electron chi connectivity index (χ0n) is 19.1. The molecule has 0 unspecified atom stereocenters. The molecular formula is C25H34N2O4S. The van der Waals surface area contributed by atoms with E-state index >= 15 is 0 Å². The number of hydrogen-bond acceptors (Lipinski definition) is 5. The Morgan fingerprint density at radius 1 is 1.12 bits per heavy atom. The molecule has 2 aromatic carbocycles. The highest BCUT2D eigenvalue weighted by Gasteiger charge is 2.38. The first-order valence-electron chi connectivity index (χ1n) is 11.5. The molecule has 0 radical (unpaired) electrons. The fraction of sp³-hybridized carbons (Fsp3) is 0.520. The lowest BCUT2D eigenvalue weighted by Crippen LogP contribution is -2.49. The molecule has 0 saturated heterocycles. The van der Waals surface area contributed by atoms with Crippen LogP contribution >= 0.6 is 0 Å². The van der Waals surface area contributed by atoms with Gasteiger partial charge in [0.15, 0.2) is 0 Å². The van der Waals surface area contributed by atoms with Crippen LogP contribution < -0.4 is 4.74 Å². The number of hydrogen-bond donors (Lipinski definition) is 1. The minimum absolute atomic E-state index is 0.0334. The van der Waals surface area contributed by atoms with Crippen LogP contribution in [0.5, 0.6) is 5.75 Å². The zero-order chi connectivity index (χ0) is 22.9. The van der Waals surface area contributed by atoms with Gasteiger partial charge in [-0.3, -0.25) is 0 Å². The molecule has 0 aromatic heterocycles. The summed E-state index contributed by atoms with van der Waals surface area (Å²) in [5, 5.41) is 9.78. The summed E-state index contributed by atoms with van der Waals surface area (Å²) in [7, 11) is -1.70. The SMILES string of the molecule is C[C@@H]1CN([C@@H](C)CO)S(=O)(=O)c2ccc(-c3ccccc3)cc2O[C@@H]1CN(C)CC1CC1. The van der Waals surface area contributed by atoms with E-state index in [-0.39, 0.29) is 23.5 Å². The first kappa shape index (κ1) is 23.2. The van der Waals surface area contributed by atoms with E-state index in [0.717, 1.165) is 30.1 Å². The van der Waals surface area contributed by atoms with Crippen LogP contribution in [-0.4, -0.2) is 68.2 Å². The second-order valence-electron chi connectivity index (χ2n) is 9.43. The lowest BCUT2D eigenvalue weighted by molar-refractivity contribution is 0.0741. The largest absolute Gasteiger partial charge is 0.487 e. The fourth-order valence-electron chi connectivity index (χ4n) is 4.38. The molecule has 1 N–H and O–H groups in total. The van der Waals surface area contributed by atoms with Crippen LogP contribution in [0.25, 0.3) is 11.1 Å². The average molecular weight is 459 g/mol. The van der Waals surface area contributed by atoms with Crippen molar-refractivity contribution in [2.45, 2.75) is 43.7 Å². The van der Waals surface area contributed by atoms with E-state index in [9.17, 15) is 13.5 Å². The summed E-state index contributed by atoms with van der Waals surface area (Å²) >= 11 is 0. The van der Waals surface area contributed by atoms with Crippen LogP contribution in [0.1, 0.15) is 26.7 Å². The average Bonchev–Trinajstić information content (AvgIpc) is 3.59. The minimum Gasteiger partial charge on any atom is -0.487 e. The maximum absolute atomic E-state index is 13.6. The number of nitrogens with zero attached hydrogens (tertiary/aromatic N) is 2. The van der Waals surface area contributed by atoms with Gasteiger partial charge in [0, 0.05) is 31.6 Å². The van der Waals surface area contributed by atoms with Crippen molar-refractivity contribution in [3.8, 4) is 16.9 Å². The van der Waals surface area contributed by atoms with Crippen molar-refractivity contribution in [2.24, 2.45) is 11.8 Å². The molecule has 1 aliphatic heterocycles. The number of likely N-dealkylation sites (N-methyl/N-ethyl adjacent to an activating group) is 1. The van der Waals surface area contributed by atoms with Crippen LogP contribution in [0.4, 0.5) is 0 Å². The van der Waals surface area contributed by atoms with E-state index in [1.165, 1.54) is 17.1 Å². The maximum atomic E-state index is 13.6. The molecule has 0 spiro atoms. The summed E-state index contributed by atoms with van der Waals surface area (Å²) in [5.74, 6) is 1.12. The summed E-state index contributed by atoms with van der Waals surface area (Å²) < 4.78 is 35.1. The topological polar surface area (TPSA) is 70.1 Å². The van der Waals surface area contributed by atoms with Gasteiger partial charge < -0.3 is 14.7 Å². The van der Waals surface area contributed by atoms with Crippen molar-refractivity contribution in [3.63, 3.8) is 0 Å². The van der Waals surface area contributed by atoms with Crippen molar-refractivity contribution < 1.29 is 18.3 Å². The number of sulfonamides is 1. The highest BCUT2D eigenvalue weighted by Crippen LogP contribution is 2.37. The summed E-state index contributed by atoms with van der Waals surface area (Å²) in [6, 6.07) is 14.7. The van der Waals surface area contributed by atoms with E-state index in [4.69, 9.17) is 4.74 Å². The molecule has 1 aliphatic carbocycles. The Balaban J connectivity index is 1.74. The molecule has 0 amide bonds. The molecule has 3 atom stereocenters. The molecular weight excluding hydrogens is 424 g/mol. The van der Waals surface area contributed by atoms with Gasteiger partial charge in [-0.1, -0.05) is 43.3 Å². The van der Waals surface area contributed by atoms with Crippen molar-refractivity contribution in [1.82, 2.24) is 9.21 Å². The number of benzene rings is 2. The molecule has 4 rings (SSSR count). The molecule has 174 valence electrons. The predicted octanol–water partition coefficient (Wildman–Crippen LogP) is 3.46. The second-order valence-corrected chi connectivity index (χ2v) is 11.3. The Kier molecular flexibility index (Phi) is 6.91. The van der Waals surface area contributed by atoms with E-state index in [1.54, 1.807) is 13.0 Å². The van der Waals surface area contributed by atoms with Gasteiger partial charge in [0.25, 0.3) is 0 Å². The second kappa shape index (κ2) is 9.51. The fourth-order valence-corrected chi connectivity index (χ4v) is 6.20. The Morgan fingerprint density at radius 3 is 2.50 bits per heavy atom. The number of rotatable bonds is 7. The smallest absolute Gasteiger partial charge is 0.247 e. The summed E-state index contributed by atoms with van der Waals surface area (Å²) in [6.45, 7) is 5.64. The van der Waals surface area contributed by atoms with E-state index in [0.29, 0.717) is 12.3 Å². The molecule has 2 aliphatic rings. The van der Waals surface area contributed by atoms with Gasteiger partial charge in [-0.2, -0.15) is 4.31 Å². The van der Waals surface area contributed by atoms with Crippen molar-refractivity contribution in [3.05, 3.63) is 48.5 Å². The number of aliphatic hydroxyl groups excluding tert-OH is 1. The highest BCUT2D eigenvalue weighted by molar-refractivity contribution is 7.89. The lowest BCUT2D eigenvalue weighted by atomic mass is 10.0. The highest BCUT2D eigenvalue weighted by atomic mass is 32.2. The van der Waals surface area contributed by atoms with Crippen molar-refractivity contribution in [2.75, 3.05) is 33.3 Å². The third-order valence-corrected chi connectivity index (χ3v) is 8.55. The van der Waals surface area contributed by atoms with Gasteiger partial charge in [-0.25, -0.2) is 8.42 Å². The molecule has 2 aromatic rings. The van der Waals surface area contributed by atoms with Crippen LogP contribution in [0.15, 0.2) is 53.4 Å². The van der Waals surface area contributed by atoms with Gasteiger partial charge in [-0.05, 0) is 56.0 Å². The number of ether oxygens (including phenoxy) is 1. The number of aliphatic hydroxyl groups is 1. The van der Waals surface area contributed by atoms with E-state index in [1.807, 2.05) is 49.4 Å². The first-order valence-corrected chi connectivity index (χ1v) is 12.9. The quantitative estimate of drug-likeness (QED) is 0.688. The third kappa shape index (κ3) is 5.01. The molecule has 32 heavy (non-hydrogen) atoms. The number of fused-ring (bicyclic) bond motifs is 1. The van der Waals surface area contributed by atoms with Gasteiger partial charge in [0.05, 0.1) is 6.61 Å². The van der Waals surface area contributed by atoms with Crippen LogP contribution in [0.3, 0.4) is 0 Å². The standard InChI is InChI=1S/C25H34N2O4S/c1-18-14-27(19(2)17-28)32(29,30)25-12-11-22(21-7-5-4-6-8-21)13-23(25)31-24(18)16-26(3)15-20-9-10-20/h4-8,11-13,18-20,24,28H,9-10,14-17H2,1-3H3/t18-,19+,24-/m1/s1. The molecule has 1 saturated carbocycles. The van der Waals surface area contributed by atoms with Gasteiger partial charge in [0.2, 0.25) is 10.0 Å². The third-order valence-electron chi connectivity index (χ3n) is 6.53. The normalized spacial score (nSPS) is 24.3. The Labute approximate surface area is 191 Å². The monoisotopic (exact) mass is 458 g/mol. The van der Waals surface area contributed by atoms with E-state index < -0.39 is 16.1 Å². The lowest BCUT2D eigenvalue weighted by Gasteiger charge is -2.37. The molecule has 6 nitrogen and oxygen atoms in total. The molecule has 1 heterocycles. The minimum atomic E-state index is -3.81. The Morgan fingerprint density at radius 2 is 1.84 bits per heavy atom. The summed E-state index contributed by atoms with van der Waals surface area (Å²) in [6.07, 6.45) is 2.41. The van der Waals surface area contributed by atoms with Gasteiger partial charge in [-0.15, -0.1) is 0 Å². The van der Waals surface area contributed by atoms with Crippen LogP contribution in [-0.2, 0) is 10.0 Å². The van der Waals surface area contributed by atoms with Crippen LogP contribution in [0, 0.1) is 11.8 Å².